The highest BCUT2D eigenvalue weighted by Crippen LogP contribution is 2.31. The number of allylic oxidation sites excluding steroid dienone is 1. The van der Waals surface area contributed by atoms with E-state index < -0.39 is 12.0 Å². The molecule has 186 valence electrons. The highest BCUT2D eigenvalue weighted by atomic mass is 32.1. The first-order chi connectivity index (χ1) is 17.5. The van der Waals surface area contributed by atoms with Crippen LogP contribution in [0.3, 0.4) is 0 Å². The van der Waals surface area contributed by atoms with Crippen molar-refractivity contribution in [3.63, 3.8) is 0 Å². The van der Waals surface area contributed by atoms with Gasteiger partial charge in [0.05, 0.1) is 35.1 Å². The summed E-state index contributed by atoms with van der Waals surface area (Å²) in [6.45, 7) is 10.3. The van der Waals surface area contributed by atoms with Crippen LogP contribution in [-0.2, 0) is 9.53 Å². The molecule has 0 N–H and O–H groups in total. The predicted molar refractivity (Wildman–Crippen MR) is 140 cm³/mol. The van der Waals surface area contributed by atoms with Crippen molar-refractivity contribution in [1.29, 1.82) is 0 Å². The third-order valence-corrected chi connectivity index (χ3v) is 6.53. The maximum Gasteiger partial charge on any atom is 0.338 e. The van der Waals surface area contributed by atoms with E-state index in [4.69, 9.17) is 14.2 Å². The first-order valence-electron chi connectivity index (χ1n) is 11.7. The maximum atomic E-state index is 13.7. The number of rotatable bonds is 9. The first-order valence-corrected chi connectivity index (χ1v) is 12.5. The van der Waals surface area contributed by atoms with Crippen LogP contribution in [0, 0.1) is 0 Å². The Morgan fingerprint density at radius 1 is 1.11 bits per heavy atom. The van der Waals surface area contributed by atoms with Gasteiger partial charge in [-0.2, -0.15) is 0 Å². The Kier molecular flexibility index (Phi) is 7.85. The molecule has 7 nitrogen and oxygen atoms in total. The summed E-state index contributed by atoms with van der Waals surface area (Å²) in [4.78, 5) is 31.8. The van der Waals surface area contributed by atoms with Crippen LogP contribution in [0.2, 0.25) is 0 Å². The molecule has 3 aromatic rings. The highest BCUT2D eigenvalue weighted by Gasteiger charge is 2.33. The van der Waals surface area contributed by atoms with E-state index in [9.17, 15) is 9.59 Å². The number of hydrogen-bond acceptors (Lipinski definition) is 7. The number of fused-ring (bicyclic) bond motifs is 1. The Morgan fingerprint density at radius 2 is 1.89 bits per heavy atom. The number of esters is 1. The van der Waals surface area contributed by atoms with Gasteiger partial charge in [0.15, 0.2) is 4.80 Å². The number of benzene rings is 2. The Hall–Kier alpha value is -3.91. The van der Waals surface area contributed by atoms with Crippen LogP contribution < -0.4 is 24.4 Å². The van der Waals surface area contributed by atoms with E-state index >= 15 is 0 Å². The second kappa shape index (κ2) is 11.2. The van der Waals surface area contributed by atoms with E-state index in [0.717, 1.165) is 11.1 Å². The molecule has 0 radical (unpaired) electrons. The van der Waals surface area contributed by atoms with Crippen molar-refractivity contribution in [2.45, 2.75) is 26.8 Å². The summed E-state index contributed by atoms with van der Waals surface area (Å²) in [6.07, 6.45) is 3.48. The number of aromatic nitrogens is 1. The lowest BCUT2D eigenvalue weighted by Gasteiger charge is -2.24. The van der Waals surface area contributed by atoms with Crippen LogP contribution in [0.25, 0.3) is 6.08 Å². The molecule has 8 heteroatoms. The van der Waals surface area contributed by atoms with Gasteiger partial charge in [0, 0.05) is 0 Å². The summed E-state index contributed by atoms with van der Waals surface area (Å²) in [5.74, 6) is 0.911. The molecule has 0 bridgehead atoms. The van der Waals surface area contributed by atoms with Crippen molar-refractivity contribution >= 4 is 23.4 Å². The molecule has 2 aromatic carbocycles. The molecule has 4 rings (SSSR count). The van der Waals surface area contributed by atoms with Crippen LogP contribution in [0.5, 0.6) is 11.5 Å². The molecule has 1 aliphatic heterocycles. The minimum Gasteiger partial charge on any atom is -0.494 e. The Balaban J connectivity index is 1.86. The van der Waals surface area contributed by atoms with Gasteiger partial charge in [-0.05, 0) is 62.2 Å². The Morgan fingerprint density at radius 3 is 2.58 bits per heavy atom. The van der Waals surface area contributed by atoms with Crippen LogP contribution in [0.15, 0.2) is 82.2 Å². The molecule has 0 saturated carbocycles. The smallest absolute Gasteiger partial charge is 0.338 e. The van der Waals surface area contributed by atoms with Gasteiger partial charge in [-0.3, -0.25) is 9.36 Å². The average Bonchev–Trinajstić information content (AvgIpc) is 3.17. The van der Waals surface area contributed by atoms with Gasteiger partial charge in [-0.1, -0.05) is 48.3 Å². The van der Waals surface area contributed by atoms with Crippen LogP contribution in [0.1, 0.15) is 37.9 Å². The van der Waals surface area contributed by atoms with Crippen molar-refractivity contribution in [3.8, 4) is 11.5 Å². The molecule has 0 amide bonds. The van der Waals surface area contributed by atoms with Crippen molar-refractivity contribution < 1.29 is 19.0 Å². The van der Waals surface area contributed by atoms with Crippen LogP contribution in [0.4, 0.5) is 0 Å². The zero-order chi connectivity index (χ0) is 25.7. The van der Waals surface area contributed by atoms with E-state index in [-0.39, 0.29) is 12.2 Å². The standard InChI is InChI=1S/C28H28N2O5S/c1-5-15-35-22-10-8-9-19(16-22)17-23-26(31)30-25(20-11-13-21(14-12-20)33-6-2)24(27(32)34-7-3)18(4)29-28(30)36-23/h5,8-14,16-17,25H,1,6-7,15H2,2-4H3/b23-17-. The largest absolute Gasteiger partial charge is 0.494 e. The predicted octanol–water partition coefficient (Wildman–Crippen LogP) is 3.76. The summed E-state index contributed by atoms with van der Waals surface area (Å²) >= 11 is 1.28. The summed E-state index contributed by atoms with van der Waals surface area (Å²) in [6, 6.07) is 14.2. The van der Waals surface area contributed by atoms with Gasteiger partial charge in [0.2, 0.25) is 0 Å². The first kappa shape index (κ1) is 25.2. The van der Waals surface area contributed by atoms with Crippen LogP contribution >= 0.6 is 11.3 Å². The molecule has 0 aliphatic carbocycles. The van der Waals surface area contributed by atoms with E-state index in [1.807, 2.05) is 61.5 Å². The monoisotopic (exact) mass is 504 g/mol. The summed E-state index contributed by atoms with van der Waals surface area (Å²) in [5.41, 5.74) is 2.23. The molecule has 0 saturated heterocycles. The Labute approximate surface area is 213 Å². The van der Waals surface area contributed by atoms with Crippen molar-refractivity contribution in [2.75, 3.05) is 19.8 Å². The normalized spacial score (nSPS) is 15.2. The molecule has 1 unspecified atom stereocenters. The highest BCUT2D eigenvalue weighted by molar-refractivity contribution is 7.07. The third kappa shape index (κ3) is 5.18. The fourth-order valence-electron chi connectivity index (χ4n) is 4.02. The SMILES string of the molecule is C=CCOc1cccc(/C=c2\sc3n(c2=O)C(c2ccc(OCC)cc2)C(C(=O)OCC)=C(C)N=3)c1. The lowest BCUT2D eigenvalue weighted by Crippen LogP contribution is -2.39. The minimum atomic E-state index is -0.666. The topological polar surface area (TPSA) is 79.1 Å². The minimum absolute atomic E-state index is 0.223. The van der Waals surface area contributed by atoms with E-state index in [1.165, 1.54) is 11.3 Å². The molecule has 36 heavy (non-hydrogen) atoms. The number of carbonyl (C=O) groups is 1. The van der Waals surface area contributed by atoms with Gasteiger partial charge in [-0.25, -0.2) is 9.79 Å². The number of ether oxygens (including phenoxy) is 3. The molecule has 2 heterocycles. The molecule has 0 spiro atoms. The van der Waals surface area contributed by atoms with Gasteiger partial charge in [-0.15, -0.1) is 0 Å². The maximum absolute atomic E-state index is 13.7. The third-order valence-electron chi connectivity index (χ3n) is 5.55. The Bertz CT molecular complexity index is 1480. The lowest BCUT2D eigenvalue weighted by molar-refractivity contribution is -0.139. The zero-order valence-electron chi connectivity index (χ0n) is 20.5. The zero-order valence-corrected chi connectivity index (χ0v) is 21.3. The average molecular weight is 505 g/mol. The number of nitrogens with zero attached hydrogens (tertiary/aromatic N) is 2. The molecule has 1 aliphatic rings. The van der Waals surface area contributed by atoms with E-state index in [0.29, 0.717) is 45.3 Å². The molecular weight excluding hydrogens is 476 g/mol. The summed E-state index contributed by atoms with van der Waals surface area (Å²) < 4.78 is 18.6. The van der Waals surface area contributed by atoms with Crippen molar-refractivity contribution in [1.82, 2.24) is 4.57 Å². The lowest BCUT2D eigenvalue weighted by atomic mass is 9.96. The van der Waals surface area contributed by atoms with Crippen molar-refractivity contribution in [3.05, 3.63) is 103 Å². The second-order valence-corrected chi connectivity index (χ2v) is 8.99. The summed E-state index contributed by atoms with van der Waals surface area (Å²) in [5, 5.41) is 0. The quantitative estimate of drug-likeness (QED) is 0.328. The van der Waals surface area contributed by atoms with Crippen molar-refractivity contribution in [2.24, 2.45) is 4.99 Å². The fraction of sp³-hybridized carbons (Fsp3) is 0.250. The summed E-state index contributed by atoms with van der Waals surface area (Å²) in [7, 11) is 0. The molecule has 0 fully saturated rings. The molecule has 1 atom stereocenters. The van der Waals surface area contributed by atoms with E-state index in [2.05, 4.69) is 11.6 Å². The molecule has 1 aromatic heterocycles. The van der Waals surface area contributed by atoms with Crippen LogP contribution in [-0.4, -0.2) is 30.4 Å². The van der Waals surface area contributed by atoms with Gasteiger partial charge >= 0.3 is 5.97 Å². The van der Waals surface area contributed by atoms with Gasteiger partial charge < -0.3 is 14.2 Å². The number of hydrogen-bond donors (Lipinski definition) is 0. The number of carbonyl (C=O) groups excluding carboxylic acids is 1. The van der Waals surface area contributed by atoms with Gasteiger partial charge in [0.1, 0.15) is 18.1 Å². The van der Waals surface area contributed by atoms with Gasteiger partial charge in [0.25, 0.3) is 5.56 Å². The fourth-order valence-corrected chi connectivity index (χ4v) is 5.07. The molecular formula is C28H28N2O5S. The number of thiazole rings is 1. The van der Waals surface area contributed by atoms with E-state index in [1.54, 1.807) is 24.5 Å². The second-order valence-electron chi connectivity index (χ2n) is 7.98.